The van der Waals surface area contributed by atoms with E-state index in [4.69, 9.17) is 9.52 Å². The van der Waals surface area contributed by atoms with Crippen LogP contribution in [0.1, 0.15) is 18.2 Å². The molecule has 0 spiro atoms. The van der Waals surface area contributed by atoms with Crippen LogP contribution in [0.25, 0.3) is 11.3 Å². The molecule has 1 aromatic carbocycles. The molecule has 1 heterocycles. The molecule has 1 N–H and O–H groups in total. The van der Waals surface area contributed by atoms with E-state index >= 15 is 0 Å². The molecule has 0 amide bonds. The zero-order valence-corrected chi connectivity index (χ0v) is 8.73. The van der Waals surface area contributed by atoms with Crippen molar-refractivity contribution in [3.05, 3.63) is 47.7 Å². The minimum atomic E-state index is -0.0486. The smallest absolute Gasteiger partial charge is 0.134 e. The van der Waals surface area contributed by atoms with Gasteiger partial charge in [-0.1, -0.05) is 31.2 Å². The van der Waals surface area contributed by atoms with Crippen LogP contribution in [-0.2, 0) is 13.0 Å². The first-order valence-electron chi connectivity index (χ1n) is 5.12. The van der Waals surface area contributed by atoms with E-state index in [-0.39, 0.29) is 6.61 Å². The Morgan fingerprint density at radius 1 is 1.07 bits per heavy atom. The van der Waals surface area contributed by atoms with Crippen LogP contribution < -0.4 is 0 Å². The van der Waals surface area contributed by atoms with Crippen molar-refractivity contribution in [2.75, 3.05) is 0 Å². The number of rotatable bonds is 3. The van der Waals surface area contributed by atoms with Gasteiger partial charge in [-0.05, 0) is 24.1 Å². The fourth-order valence-corrected chi connectivity index (χ4v) is 1.52. The highest BCUT2D eigenvalue weighted by molar-refractivity contribution is 5.57. The van der Waals surface area contributed by atoms with Crippen LogP contribution in [0, 0.1) is 0 Å². The van der Waals surface area contributed by atoms with Gasteiger partial charge in [0.1, 0.15) is 18.1 Å². The molecule has 0 fully saturated rings. The van der Waals surface area contributed by atoms with Crippen LogP contribution in [-0.4, -0.2) is 5.11 Å². The van der Waals surface area contributed by atoms with Crippen molar-refractivity contribution in [3.63, 3.8) is 0 Å². The van der Waals surface area contributed by atoms with Gasteiger partial charge < -0.3 is 9.52 Å². The highest BCUT2D eigenvalue weighted by Crippen LogP contribution is 2.22. The topological polar surface area (TPSA) is 33.4 Å². The van der Waals surface area contributed by atoms with Gasteiger partial charge in [0, 0.05) is 5.56 Å². The van der Waals surface area contributed by atoms with E-state index in [1.54, 1.807) is 6.07 Å². The van der Waals surface area contributed by atoms with E-state index in [1.807, 2.05) is 18.2 Å². The normalized spacial score (nSPS) is 10.5. The van der Waals surface area contributed by atoms with E-state index < -0.39 is 0 Å². The minimum absolute atomic E-state index is 0.0486. The first-order chi connectivity index (χ1) is 7.33. The van der Waals surface area contributed by atoms with Crippen molar-refractivity contribution < 1.29 is 9.52 Å². The monoisotopic (exact) mass is 202 g/mol. The Morgan fingerprint density at radius 3 is 2.33 bits per heavy atom. The lowest BCUT2D eigenvalue weighted by Crippen LogP contribution is -1.80. The summed E-state index contributed by atoms with van der Waals surface area (Å²) >= 11 is 0. The van der Waals surface area contributed by atoms with Gasteiger partial charge in [0.05, 0.1) is 0 Å². The number of furan rings is 1. The van der Waals surface area contributed by atoms with Gasteiger partial charge >= 0.3 is 0 Å². The van der Waals surface area contributed by atoms with Crippen LogP contribution in [0.5, 0.6) is 0 Å². The first kappa shape index (κ1) is 9.99. The summed E-state index contributed by atoms with van der Waals surface area (Å²) in [5.74, 6) is 1.41. The third-order valence-electron chi connectivity index (χ3n) is 2.46. The third-order valence-corrected chi connectivity index (χ3v) is 2.46. The van der Waals surface area contributed by atoms with E-state index in [1.165, 1.54) is 5.56 Å². The lowest BCUT2D eigenvalue weighted by Gasteiger charge is -1.99. The van der Waals surface area contributed by atoms with Gasteiger partial charge in [-0.25, -0.2) is 0 Å². The number of hydrogen-bond acceptors (Lipinski definition) is 2. The van der Waals surface area contributed by atoms with Crippen molar-refractivity contribution in [3.8, 4) is 11.3 Å². The zero-order chi connectivity index (χ0) is 10.7. The molecule has 0 radical (unpaired) electrons. The molecule has 15 heavy (non-hydrogen) atoms. The summed E-state index contributed by atoms with van der Waals surface area (Å²) in [6, 6.07) is 11.9. The quantitative estimate of drug-likeness (QED) is 0.830. The van der Waals surface area contributed by atoms with Gasteiger partial charge in [-0.3, -0.25) is 0 Å². The Morgan fingerprint density at radius 2 is 1.80 bits per heavy atom. The second kappa shape index (κ2) is 4.32. The third kappa shape index (κ3) is 2.10. The number of aliphatic hydroxyl groups is 1. The van der Waals surface area contributed by atoms with E-state index in [0.29, 0.717) is 5.76 Å². The molecule has 0 saturated carbocycles. The van der Waals surface area contributed by atoms with Crippen LogP contribution in [0.15, 0.2) is 40.8 Å². The van der Waals surface area contributed by atoms with Crippen LogP contribution in [0.3, 0.4) is 0 Å². The van der Waals surface area contributed by atoms with Crippen LogP contribution >= 0.6 is 0 Å². The predicted molar refractivity (Wildman–Crippen MR) is 59.4 cm³/mol. The van der Waals surface area contributed by atoms with Crippen molar-refractivity contribution >= 4 is 0 Å². The molecule has 0 saturated heterocycles. The van der Waals surface area contributed by atoms with Gasteiger partial charge in [-0.15, -0.1) is 0 Å². The fourth-order valence-electron chi connectivity index (χ4n) is 1.52. The van der Waals surface area contributed by atoms with Crippen molar-refractivity contribution in [1.82, 2.24) is 0 Å². The molecule has 2 heteroatoms. The average molecular weight is 202 g/mol. The Balaban J connectivity index is 2.28. The summed E-state index contributed by atoms with van der Waals surface area (Å²) in [5.41, 5.74) is 2.36. The van der Waals surface area contributed by atoms with Crippen LogP contribution in [0.4, 0.5) is 0 Å². The van der Waals surface area contributed by atoms with E-state index in [0.717, 1.165) is 17.7 Å². The Bertz CT molecular complexity index is 426. The molecule has 2 nitrogen and oxygen atoms in total. The number of aliphatic hydroxyl groups excluding tert-OH is 1. The second-order valence-electron chi connectivity index (χ2n) is 3.47. The molecular formula is C13H14O2. The average Bonchev–Trinajstić information content (AvgIpc) is 2.78. The summed E-state index contributed by atoms with van der Waals surface area (Å²) in [5, 5.41) is 8.89. The Hall–Kier alpha value is -1.54. The molecule has 0 atom stereocenters. The van der Waals surface area contributed by atoms with E-state index in [9.17, 15) is 0 Å². The second-order valence-corrected chi connectivity index (χ2v) is 3.47. The summed E-state index contributed by atoms with van der Waals surface area (Å²) < 4.78 is 5.44. The maximum absolute atomic E-state index is 8.89. The predicted octanol–water partition coefficient (Wildman–Crippen LogP) is 3.00. The molecule has 2 aromatic rings. The number of hydrogen-bond donors (Lipinski definition) is 1. The molecule has 1 aromatic heterocycles. The minimum Gasteiger partial charge on any atom is -0.459 e. The number of benzene rings is 1. The SMILES string of the molecule is CCc1ccc(-c2ccc(CO)o2)cc1. The van der Waals surface area contributed by atoms with Crippen molar-refractivity contribution in [1.29, 1.82) is 0 Å². The maximum atomic E-state index is 8.89. The van der Waals surface area contributed by atoms with E-state index in [2.05, 4.69) is 19.1 Å². The Kier molecular flexibility index (Phi) is 2.88. The summed E-state index contributed by atoms with van der Waals surface area (Å²) in [6.07, 6.45) is 1.04. The maximum Gasteiger partial charge on any atom is 0.134 e. The zero-order valence-electron chi connectivity index (χ0n) is 8.73. The molecule has 0 aliphatic heterocycles. The largest absolute Gasteiger partial charge is 0.459 e. The summed E-state index contributed by atoms with van der Waals surface area (Å²) in [4.78, 5) is 0. The molecular weight excluding hydrogens is 188 g/mol. The van der Waals surface area contributed by atoms with Gasteiger partial charge in [0.2, 0.25) is 0 Å². The van der Waals surface area contributed by atoms with Gasteiger partial charge in [0.25, 0.3) is 0 Å². The molecule has 0 bridgehead atoms. The lowest BCUT2D eigenvalue weighted by atomic mass is 10.1. The van der Waals surface area contributed by atoms with Gasteiger partial charge in [-0.2, -0.15) is 0 Å². The number of aryl methyl sites for hydroxylation is 1. The van der Waals surface area contributed by atoms with Gasteiger partial charge in [0.15, 0.2) is 0 Å². The molecule has 78 valence electrons. The van der Waals surface area contributed by atoms with Crippen molar-refractivity contribution in [2.24, 2.45) is 0 Å². The van der Waals surface area contributed by atoms with Crippen molar-refractivity contribution in [2.45, 2.75) is 20.0 Å². The lowest BCUT2D eigenvalue weighted by molar-refractivity contribution is 0.248. The summed E-state index contributed by atoms with van der Waals surface area (Å²) in [7, 11) is 0. The fraction of sp³-hybridized carbons (Fsp3) is 0.231. The molecule has 0 aliphatic rings. The highest BCUT2D eigenvalue weighted by atomic mass is 16.4. The van der Waals surface area contributed by atoms with Crippen LogP contribution in [0.2, 0.25) is 0 Å². The highest BCUT2D eigenvalue weighted by Gasteiger charge is 2.03. The molecule has 0 aliphatic carbocycles. The molecule has 2 rings (SSSR count). The molecule has 0 unspecified atom stereocenters. The standard InChI is InChI=1S/C13H14O2/c1-2-10-3-5-11(6-4-10)13-8-7-12(9-14)15-13/h3-8,14H,2,9H2,1H3. The first-order valence-corrected chi connectivity index (χ1v) is 5.12. The summed E-state index contributed by atoms with van der Waals surface area (Å²) in [6.45, 7) is 2.08. The Labute approximate surface area is 89.2 Å².